The molecule has 2 aromatic rings. The van der Waals surface area contributed by atoms with Gasteiger partial charge in [-0.1, -0.05) is 18.2 Å². The van der Waals surface area contributed by atoms with E-state index in [4.69, 9.17) is 8.92 Å². The SMILES string of the molecule is COC(=O)[C@@H]1[C@H]2C[C@@H]3c4[nH]c5ccccc5c4CCN3C[C@@H]2CC[C@H]1OS(=O)(=O)O. The highest BCUT2D eigenvalue weighted by Crippen LogP contribution is 2.50. The van der Waals surface area contributed by atoms with Gasteiger partial charge in [-0.2, -0.15) is 8.42 Å². The largest absolute Gasteiger partial charge is 0.469 e. The summed E-state index contributed by atoms with van der Waals surface area (Å²) in [7, 11) is -3.34. The summed E-state index contributed by atoms with van der Waals surface area (Å²) in [6, 6.07) is 8.42. The van der Waals surface area contributed by atoms with Crippen LogP contribution in [-0.2, 0) is 30.5 Å². The van der Waals surface area contributed by atoms with Gasteiger partial charge >= 0.3 is 16.4 Å². The molecule has 0 radical (unpaired) electrons. The monoisotopic (exact) mass is 434 g/mol. The zero-order valence-corrected chi connectivity index (χ0v) is 17.6. The van der Waals surface area contributed by atoms with Gasteiger partial charge in [-0.15, -0.1) is 0 Å². The van der Waals surface area contributed by atoms with Gasteiger partial charge in [0.05, 0.1) is 25.2 Å². The number of ether oxygens (including phenoxy) is 1. The van der Waals surface area contributed by atoms with Crippen molar-refractivity contribution in [2.45, 2.75) is 37.8 Å². The number of nitrogens with one attached hydrogen (secondary N) is 1. The van der Waals surface area contributed by atoms with E-state index in [1.807, 2.05) is 12.1 Å². The fourth-order valence-electron chi connectivity index (χ4n) is 6.05. The van der Waals surface area contributed by atoms with E-state index < -0.39 is 28.4 Å². The molecule has 2 fully saturated rings. The molecule has 1 saturated carbocycles. The van der Waals surface area contributed by atoms with Crippen molar-refractivity contribution in [3.05, 3.63) is 35.5 Å². The normalized spacial score (nSPS) is 31.6. The van der Waals surface area contributed by atoms with E-state index in [0.29, 0.717) is 6.42 Å². The topological polar surface area (TPSA) is 109 Å². The fourth-order valence-corrected chi connectivity index (χ4v) is 6.57. The van der Waals surface area contributed by atoms with Crippen molar-refractivity contribution in [1.82, 2.24) is 9.88 Å². The first-order valence-electron chi connectivity index (χ1n) is 10.4. The Kier molecular flexibility index (Phi) is 4.89. The number of rotatable bonds is 3. The van der Waals surface area contributed by atoms with E-state index in [0.717, 1.165) is 37.9 Å². The molecule has 0 amide bonds. The molecule has 162 valence electrons. The number of methoxy groups -OCH3 is 1. The number of aromatic amines is 1. The molecule has 8 nitrogen and oxygen atoms in total. The maximum absolute atomic E-state index is 12.7. The highest BCUT2D eigenvalue weighted by molar-refractivity contribution is 7.80. The van der Waals surface area contributed by atoms with Gasteiger partial charge in [-0.25, -0.2) is 4.18 Å². The number of para-hydroxylation sites is 1. The highest BCUT2D eigenvalue weighted by atomic mass is 32.3. The van der Waals surface area contributed by atoms with Gasteiger partial charge < -0.3 is 9.72 Å². The number of hydrogen-bond donors (Lipinski definition) is 2. The van der Waals surface area contributed by atoms with Crippen molar-refractivity contribution in [2.75, 3.05) is 20.2 Å². The Labute approximate surface area is 175 Å². The first kappa shape index (κ1) is 20.0. The van der Waals surface area contributed by atoms with Crippen molar-refractivity contribution in [3.63, 3.8) is 0 Å². The van der Waals surface area contributed by atoms with Gasteiger partial charge in [0.2, 0.25) is 0 Å². The average molecular weight is 435 g/mol. The maximum Gasteiger partial charge on any atom is 0.397 e. The lowest BCUT2D eigenvalue weighted by molar-refractivity contribution is -0.158. The molecule has 30 heavy (non-hydrogen) atoms. The van der Waals surface area contributed by atoms with E-state index in [1.54, 1.807) is 0 Å². The van der Waals surface area contributed by atoms with Gasteiger partial charge in [0.25, 0.3) is 0 Å². The fraction of sp³-hybridized carbons (Fsp3) is 0.571. The summed E-state index contributed by atoms with van der Waals surface area (Å²) in [6.45, 7) is 1.83. The van der Waals surface area contributed by atoms with Crippen molar-refractivity contribution in [1.29, 1.82) is 0 Å². The third kappa shape index (κ3) is 3.33. The first-order valence-corrected chi connectivity index (χ1v) is 11.8. The first-order chi connectivity index (χ1) is 14.4. The summed E-state index contributed by atoms with van der Waals surface area (Å²) in [5.41, 5.74) is 3.65. The summed E-state index contributed by atoms with van der Waals surface area (Å²) in [5, 5.41) is 1.25. The number of fused-ring (bicyclic) bond motifs is 6. The predicted molar refractivity (Wildman–Crippen MR) is 109 cm³/mol. The Hall–Kier alpha value is -1.94. The number of carbonyl (C=O) groups is 1. The molecule has 2 aliphatic heterocycles. The molecule has 0 spiro atoms. The molecular formula is C21H26N2O6S. The Bertz CT molecular complexity index is 1080. The van der Waals surface area contributed by atoms with E-state index in [1.165, 1.54) is 23.8 Å². The number of H-pyrrole nitrogens is 1. The van der Waals surface area contributed by atoms with Gasteiger partial charge in [0, 0.05) is 29.7 Å². The van der Waals surface area contributed by atoms with Crippen LogP contribution in [0.5, 0.6) is 0 Å². The standard InChI is InChI=1S/C21H26N2O6S/c1-28-21(24)19-15-10-17-20-14(13-4-2-3-5-16(13)22-20)8-9-23(17)11-12(15)6-7-18(19)29-30(25,26)27/h2-5,12,15,17-19,22H,6-11H2,1H3,(H,25,26,27)/t12-,15-,17+,18+,19+/m0/s1. The zero-order valence-electron chi connectivity index (χ0n) is 16.8. The summed E-state index contributed by atoms with van der Waals surface area (Å²) >= 11 is 0. The number of nitrogens with zero attached hydrogens (tertiary/aromatic N) is 1. The minimum absolute atomic E-state index is 0.0726. The van der Waals surface area contributed by atoms with E-state index in [2.05, 4.69) is 22.0 Å². The molecule has 1 aromatic heterocycles. The lowest BCUT2D eigenvalue weighted by atomic mass is 9.65. The van der Waals surface area contributed by atoms with Gasteiger partial charge in [0.15, 0.2) is 0 Å². The lowest BCUT2D eigenvalue weighted by Gasteiger charge is -2.51. The van der Waals surface area contributed by atoms with Crippen molar-refractivity contribution < 1.29 is 26.7 Å². The van der Waals surface area contributed by atoms with Crippen LogP contribution in [0.15, 0.2) is 24.3 Å². The molecule has 0 bridgehead atoms. The quantitative estimate of drug-likeness (QED) is 0.564. The Morgan fingerprint density at radius 2 is 2.07 bits per heavy atom. The number of esters is 1. The third-order valence-corrected chi connectivity index (χ3v) is 7.73. The van der Waals surface area contributed by atoms with Crippen LogP contribution >= 0.6 is 0 Å². The van der Waals surface area contributed by atoms with Gasteiger partial charge in [-0.05, 0) is 49.1 Å². The smallest absolute Gasteiger partial charge is 0.397 e. The maximum atomic E-state index is 12.7. The van der Waals surface area contributed by atoms with Crippen LogP contribution in [0, 0.1) is 17.8 Å². The van der Waals surface area contributed by atoms with Crippen LogP contribution in [0.1, 0.15) is 36.6 Å². The summed E-state index contributed by atoms with van der Waals surface area (Å²) in [6.07, 6.45) is 1.96. The second-order valence-corrected chi connectivity index (χ2v) is 9.72. The molecule has 0 unspecified atom stereocenters. The van der Waals surface area contributed by atoms with E-state index >= 15 is 0 Å². The average Bonchev–Trinajstić information content (AvgIpc) is 3.10. The number of piperidine rings is 1. The lowest BCUT2D eigenvalue weighted by Crippen LogP contribution is -2.54. The summed E-state index contributed by atoms with van der Waals surface area (Å²) < 4.78 is 41.9. The molecule has 3 heterocycles. The van der Waals surface area contributed by atoms with Crippen molar-refractivity contribution >= 4 is 27.3 Å². The molecule has 1 aliphatic carbocycles. The van der Waals surface area contributed by atoms with Crippen LogP contribution in [0.25, 0.3) is 10.9 Å². The van der Waals surface area contributed by atoms with Crippen LogP contribution in [0.2, 0.25) is 0 Å². The third-order valence-electron chi connectivity index (χ3n) is 7.24. The zero-order chi connectivity index (χ0) is 21.0. The van der Waals surface area contributed by atoms with Gasteiger partial charge in [-0.3, -0.25) is 14.2 Å². The minimum atomic E-state index is -4.65. The second-order valence-electron chi connectivity index (χ2n) is 8.67. The molecule has 2 N–H and O–H groups in total. The number of benzene rings is 1. The van der Waals surface area contributed by atoms with E-state index in [-0.39, 0.29) is 17.9 Å². The van der Waals surface area contributed by atoms with Crippen LogP contribution in [0.3, 0.4) is 0 Å². The Balaban J connectivity index is 1.50. The van der Waals surface area contributed by atoms with E-state index in [9.17, 15) is 17.8 Å². The van der Waals surface area contributed by atoms with Crippen LogP contribution in [-0.4, -0.2) is 55.1 Å². The molecular weight excluding hydrogens is 408 g/mol. The number of hydrogen-bond acceptors (Lipinski definition) is 6. The molecule has 5 rings (SSSR count). The summed E-state index contributed by atoms with van der Waals surface area (Å²) in [5.74, 6) is -0.999. The molecule has 1 saturated heterocycles. The second kappa shape index (κ2) is 7.33. The van der Waals surface area contributed by atoms with Crippen LogP contribution < -0.4 is 0 Å². The van der Waals surface area contributed by atoms with Crippen molar-refractivity contribution in [3.8, 4) is 0 Å². The Morgan fingerprint density at radius 3 is 2.83 bits per heavy atom. The molecule has 5 atom stereocenters. The number of aromatic nitrogens is 1. The summed E-state index contributed by atoms with van der Waals surface area (Å²) in [4.78, 5) is 18.7. The van der Waals surface area contributed by atoms with Gasteiger partial charge in [0.1, 0.15) is 0 Å². The molecule has 9 heteroatoms. The van der Waals surface area contributed by atoms with Crippen LogP contribution in [0.4, 0.5) is 0 Å². The van der Waals surface area contributed by atoms with Crippen molar-refractivity contribution in [2.24, 2.45) is 17.8 Å². The number of carbonyl (C=O) groups excluding carboxylic acids is 1. The minimum Gasteiger partial charge on any atom is -0.469 e. The molecule has 1 aromatic carbocycles. The predicted octanol–water partition coefficient (Wildman–Crippen LogP) is 2.47. The Morgan fingerprint density at radius 1 is 1.27 bits per heavy atom. The molecule has 3 aliphatic rings. The highest BCUT2D eigenvalue weighted by Gasteiger charge is 2.51.